The van der Waals surface area contributed by atoms with Crippen molar-refractivity contribution in [1.29, 1.82) is 0 Å². The summed E-state index contributed by atoms with van der Waals surface area (Å²) < 4.78 is 32.0. The molecule has 0 fully saturated rings. The minimum Gasteiger partial charge on any atom is -0.744 e. The van der Waals surface area contributed by atoms with Gasteiger partial charge in [0.25, 0.3) is 0 Å². The fraction of sp³-hybridized carbons (Fsp3) is 0.222. The van der Waals surface area contributed by atoms with Crippen LogP contribution in [-0.2, 0) is 14.9 Å². The van der Waals surface area contributed by atoms with E-state index in [4.69, 9.17) is 0 Å². The van der Waals surface area contributed by atoms with Crippen molar-refractivity contribution in [2.45, 2.75) is 9.72 Å². The van der Waals surface area contributed by atoms with E-state index in [0.717, 1.165) is 12.1 Å². The molecule has 18 heavy (non-hydrogen) atoms. The normalized spacial score (nSPS) is 12.4. The molecule has 0 spiro atoms. The summed E-state index contributed by atoms with van der Waals surface area (Å²) in [7, 11) is -4.45. The maximum atomic E-state index is 11.5. The first kappa shape index (κ1) is 18.6. The second-order valence-electron chi connectivity index (χ2n) is 3.09. The van der Waals surface area contributed by atoms with Crippen molar-refractivity contribution in [2.24, 2.45) is 0 Å². The molecule has 1 unspecified atom stereocenters. The van der Waals surface area contributed by atoms with Crippen molar-refractivity contribution in [1.82, 2.24) is 0 Å². The Morgan fingerprint density at radius 1 is 1.33 bits per heavy atom. The van der Waals surface area contributed by atoms with Crippen molar-refractivity contribution >= 4 is 53.6 Å². The van der Waals surface area contributed by atoms with Crippen LogP contribution in [-0.4, -0.2) is 29.0 Å². The Labute approximate surface area is 144 Å². The second-order valence-corrected chi connectivity index (χ2v) is 6.22. The van der Waals surface area contributed by atoms with E-state index in [1.54, 1.807) is 0 Å². The molecule has 1 aromatic rings. The average Bonchev–Trinajstić information content (AvgIpc) is 2.27. The van der Waals surface area contributed by atoms with Crippen LogP contribution in [0, 0.1) is 0 Å². The second kappa shape index (κ2) is 7.98. The Bertz CT molecular complexity index is 506. The van der Waals surface area contributed by atoms with E-state index in [1.165, 1.54) is 12.1 Å². The number of halogens is 2. The van der Waals surface area contributed by atoms with E-state index < -0.39 is 10.1 Å². The van der Waals surface area contributed by atoms with Gasteiger partial charge in [0.05, 0.1) is 4.90 Å². The minimum atomic E-state index is -4.45. The fourth-order valence-electron chi connectivity index (χ4n) is 0.996. The van der Waals surface area contributed by atoms with Gasteiger partial charge in [-0.1, -0.05) is 31.9 Å². The zero-order chi connectivity index (χ0) is 13.1. The number of carbonyl (C=O) groups is 1. The molecule has 9 heteroatoms. The first-order valence-electron chi connectivity index (χ1n) is 4.41. The molecule has 1 amide bonds. The summed E-state index contributed by atoms with van der Waals surface area (Å²) in [6.07, 6.45) is 0. The number of benzene rings is 1. The number of nitrogens with one attached hydrogen (secondary N) is 1. The van der Waals surface area contributed by atoms with E-state index >= 15 is 0 Å². The number of amides is 1. The molecule has 0 aliphatic heterocycles. The van der Waals surface area contributed by atoms with Crippen molar-refractivity contribution in [3.8, 4) is 0 Å². The molecule has 0 aliphatic rings. The molecule has 0 bridgehead atoms. The minimum absolute atomic E-state index is 0. The van der Waals surface area contributed by atoms with Crippen molar-refractivity contribution in [3.05, 3.63) is 24.3 Å². The number of alkyl halides is 2. The third kappa shape index (κ3) is 5.68. The van der Waals surface area contributed by atoms with Crippen LogP contribution in [0.2, 0.25) is 0 Å². The molecule has 0 radical (unpaired) electrons. The summed E-state index contributed by atoms with van der Waals surface area (Å²) in [4.78, 5) is 10.7. The predicted octanol–water partition coefficient (Wildman–Crippen LogP) is -1.31. The Hall–Kier alpha value is 0.560. The number of hydrogen-bond acceptors (Lipinski definition) is 4. The van der Waals surface area contributed by atoms with Gasteiger partial charge in [0.2, 0.25) is 5.91 Å². The molecule has 0 aromatic heterocycles. The third-order valence-corrected chi connectivity index (χ3v) is 4.94. The molecule has 1 N–H and O–H groups in total. The third-order valence-electron chi connectivity index (χ3n) is 1.83. The molecular weight excluding hydrogens is 401 g/mol. The molecule has 1 rings (SSSR count). The van der Waals surface area contributed by atoms with Crippen LogP contribution in [0.4, 0.5) is 5.69 Å². The van der Waals surface area contributed by atoms with Crippen molar-refractivity contribution in [2.75, 3.05) is 10.6 Å². The van der Waals surface area contributed by atoms with E-state index in [0.29, 0.717) is 11.0 Å². The fourth-order valence-corrected chi connectivity index (χ4v) is 1.87. The molecule has 0 heterocycles. The Morgan fingerprint density at radius 2 is 1.83 bits per heavy atom. The molecule has 0 aliphatic carbocycles. The van der Waals surface area contributed by atoms with Gasteiger partial charge in [-0.3, -0.25) is 4.79 Å². The van der Waals surface area contributed by atoms with Crippen LogP contribution >= 0.6 is 31.9 Å². The van der Waals surface area contributed by atoms with Gasteiger partial charge in [-0.05, 0) is 24.3 Å². The van der Waals surface area contributed by atoms with Crippen LogP contribution in [0.3, 0.4) is 0 Å². The number of hydrogen-bond donors (Lipinski definition) is 1. The molecule has 0 saturated heterocycles. The summed E-state index contributed by atoms with van der Waals surface area (Å²) in [6.45, 7) is 0. The summed E-state index contributed by atoms with van der Waals surface area (Å²) in [5.74, 6) is -0.264. The summed E-state index contributed by atoms with van der Waals surface area (Å²) in [5.41, 5.74) is 0.424. The number of carbonyl (C=O) groups excluding carboxylic acids is 1. The van der Waals surface area contributed by atoms with Gasteiger partial charge in [-0.2, -0.15) is 0 Å². The van der Waals surface area contributed by atoms with Crippen LogP contribution in [0.1, 0.15) is 0 Å². The first-order chi connectivity index (χ1) is 7.84. The smallest absolute Gasteiger partial charge is 0.744 e. The molecular formula is C9H8Br2NNaO4S. The average molecular weight is 409 g/mol. The maximum Gasteiger partial charge on any atom is 1.00 e. The van der Waals surface area contributed by atoms with Crippen molar-refractivity contribution in [3.63, 3.8) is 0 Å². The van der Waals surface area contributed by atoms with Gasteiger partial charge >= 0.3 is 29.6 Å². The van der Waals surface area contributed by atoms with Crippen LogP contribution in [0.15, 0.2) is 29.2 Å². The predicted molar refractivity (Wildman–Crippen MR) is 69.5 cm³/mol. The largest absolute Gasteiger partial charge is 1.00 e. The van der Waals surface area contributed by atoms with Crippen LogP contribution in [0.5, 0.6) is 0 Å². The van der Waals surface area contributed by atoms with Crippen LogP contribution in [0.25, 0.3) is 0 Å². The summed E-state index contributed by atoms with van der Waals surface area (Å²) in [5, 5.41) is 3.01. The molecule has 0 saturated carbocycles. The van der Waals surface area contributed by atoms with Crippen LogP contribution < -0.4 is 34.9 Å². The topological polar surface area (TPSA) is 86.3 Å². The van der Waals surface area contributed by atoms with E-state index in [1.807, 2.05) is 0 Å². The zero-order valence-electron chi connectivity index (χ0n) is 9.39. The number of anilines is 1. The van der Waals surface area contributed by atoms with E-state index in [9.17, 15) is 17.8 Å². The Kier molecular flexibility index (Phi) is 8.23. The van der Waals surface area contributed by atoms with Gasteiger partial charge in [0.1, 0.15) is 14.9 Å². The monoisotopic (exact) mass is 407 g/mol. The SMILES string of the molecule is O=C(Nc1ccc(S(=O)(=O)[O-])cc1)C(Br)CBr.[Na+]. The van der Waals surface area contributed by atoms with Crippen molar-refractivity contribution < 1.29 is 47.3 Å². The summed E-state index contributed by atoms with van der Waals surface area (Å²) >= 11 is 6.28. The van der Waals surface area contributed by atoms with E-state index in [2.05, 4.69) is 37.2 Å². The van der Waals surface area contributed by atoms with Gasteiger partial charge in [0, 0.05) is 11.0 Å². The molecule has 94 valence electrons. The van der Waals surface area contributed by atoms with Gasteiger partial charge < -0.3 is 9.87 Å². The standard InChI is InChI=1S/C9H9Br2NO4S.Na/c10-5-8(11)9(13)12-6-1-3-7(4-2-6)17(14,15)16;/h1-4,8H,5H2,(H,12,13)(H,14,15,16);/q;+1/p-1. The van der Waals surface area contributed by atoms with E-state index in [-0.39, 0.29) is 45.2 Å². The zero-order valence-corrected chi connectivity index (χ0v) is 15.4. The van der Waals surface area contributed by atoms with Gasteiger partial charge in [-0.25, -0.2) is 8.42 Å². The number of rotatable bonds is 4. The van der Waals surface area contributed by atoms with Gasteiger partial charge in [0.15, 0.2) is 0 Å². The molecule has 1 atom stereocenters. The quantitative estimate of drug-likeness (QED) is 0.381. The Balaban J connectivity index is 0.00000289. The summed E-state index contributed by atoms with van der Waals surface area (Å²) in [6, 6.07) is 5.01. The Morgan fingerprint density at radius 3 is 2.22 bits per heavy atom. The molecule has 5 nitrogen and oxygen atoms in total. The van der Waals surface area contributed by atoms with Gasteiger partial charge in [-0.15, -0.1) is 0 Å². The maximum absolute atomic E-state index is 11.5. The molecule has 1 aromatic carbocycles. The first-order valence-corrected chi connectivity index (χ1v) is 7.86.